The zero-order valence-corrected chi connectivity index (χ0v) is 14.1. The molecule has 0 aliphatic rings. The zero-order valence-electron chi connectivity index (χ0n) is 12.4. The molecule has 1 aromatic heterocycles. The molecule has 0 bridgehead atoms. The van der Waals surface area contributed by atoms with Gasteiger partial charge in [-0.2, -0.15) is 11.8 Å². The number of aromatic nitrogens is 1. The summed E-state index contributed by atoms with van der Waals surface area (Å²) >= 11 is 3.16. The Balaban J connectivity index is 2.27. The SMILES string of the molecule is Cc1nc(-c2ccccc2CSCC(C)C)sc1C(=O)O. The summed E-state index contributed by atoms with van der Waals surface area (Å²) in [5.74, 6) is 1.81. The van der Waals surface area contributed by atoms with Crippen molar-refractivity contribution in [3.8, 4) is 10.6 Å². The van der Waals surface area contributed by atoms with Gasteiger partial charge in [0, 0.05) is 11.3 Å². The number of carboxylic acid groups (broad SMARTS) is 1. The average molecular weight is 321 g/mol. The standard InChI is InChI=1S/C16H19NO2S2/c1-10(2)8-20-9-12-6-4-5-7-13(12)15-17-11(3)14(21-15)16(18)19/h4-7,10H,8-9H2,1-3H3,(H,18,19). The summed E-state index contributed by atoms with van der Waals surface area (Å²) in [5.41, 5.74) is 2.86. The molecule has 0 unspecified atom stereocenters. The van der Waals surface area contributed by atoms with Crippen molar-refractivity contribution < 1.29 is 9.90 Å². The molecule has 2 aromatic rings. The van der Waals surface area contributed by atoms with Crippen LogP contribution in [-0.2, 0) is 5.75 Å². The van der Waals surface area contributed by atoms with Crippen molar-refractivity contribution in [3.05, 3.63) is 40.4 Å². The third-order valence-electron chi connectivity index (χ3n) is 2.95. The van der Waals surface area contributed by atoms with Gasteiger partial charge in [0.25, 0.3) is 0 Å². The maximum Gasteiger partial charge on any atom is 0.347 e. The van der Waals surface area contributed by atoms with E-state index in [2.05, 4.69) is 24.9 Å². The van der Waals surface area contributed by atoms with Crippen LogP contribution in [0.4, 0.5) is 0 Å². The van der Waals surface area contributed by atoms with Gasteiger partial charge in [0.15, 0.2) is 0 Å². The van der Waals surface area contributed by atoms with Crippen molar-refractivity contribution >= 4 is 29.1 Å². The van der Waals surface area contributed by atoms with Crippen LogP contribution in [0.3, 0.4) is 0 Å². The lowest BCUT2D eigenvalue weighted by molar-refractivity contribution is 0.0701. The normalized spacial score (nSPS) is 11.0. The second-order valence-corrected chi connectivity index (χ2v) is 7.33. The first-order valence-corrected chi connectivity index (χ1v) is 8.83. The van der Waals surface area contributed by atoms with E-state index in [0.717, 1.165) is 22.1 Å². The number of carbonyl (C=O) groups is 1. The molecule has 5 heteroatoms. The molecule has 0 fully saturated rings. The molecule has 0 amide bonds. The van der Waals surface area contributed by atoms with Gasteiger partial charge in [-0.15, -0.1) is 11.3 Å². The van der Waals surface area contributed by atoms with Crippen LogP contribution < -0.4 is 0 Å². The number of nitrogens with zero attached hydrogens (tertiary/aromatic N) is 1. The van der Waals surface area contributed by atoms with E-state index < -0.39 is 5.97 Å². The molecule has 0 atom stereocenters. The van der Waals surface area contributed by atoms with Gasteiger partial charge in [-0.3, -0.25) is 0 Å². The average Bonchev–Trinajstić information content (AvgIpc) is 2.81. The van der Waals surface area contributed by atoms with Gasteiger partial charge in [0.1, 0.15) is 9.88 Å². The fraction of sp³-hybridized carbons (Fsp3) is 0.375. The van der Waals surface area contributed by atoms with Crippen molar-refractivity contribution in [1.82, 2.24) is 4.98 Å². The number of thioether (sulfide) groups is 1. The highest BCUT2D eigenvalue weighted by atomic mass is 32.2. The molecule has 1 aromatic carbocycles. The molecule has 0 aliphatic carbocycles. The zero-order chi connectivity index (χ0) is 15.4. The lowest BCUT2D eigenvalue weighted by Gasteiger charge is -2.08. The quantitative estimate of drug-likeness (QED) is 0.837. The Morgan fingerprint density at radius 3 is 2.71 bits per heavy atom. The van der Waals surface area contributed by atoms with Gasteiger partial charge in [-0.25, -0.2) is 9.78 Å². The van der Waals surface area contributed by atoms with E-state index in [1.54, 1.807) is 6.92 Å². The maximum absolute atomic E-state index is 11.2. The van der Waals surface area contributed by atoms with E-state index in [1.165, 1.54) is 16.9 Å². The second-order valence-electron chi connectivity index (χ2n) is 5.30. The van der Waals surface area contributed by atoms with Crippen molar-refractivity contribution in [1.29, 1.82) is 0 Å². The van der Waals surface area contributed by atoms with Gasteiger partial charge in [0.2, 0.25) is 0 Å². The lowest BCUT2D eigenvalue weighted by atomic mass is 10.1. The van der Waals surface area contributed by atoms with Crippen molar-refractivity contribution in [2.24, 2.45) is 5.92 Å². The summed E-state index contributed by atoms with van der Waals surface area (Å²) in [5, 5.41) is 9.96. The van der Waals surface area contributed by atoms with Gasteiger partial charge in [0.05, 0.1) is 5.69 Å². The minimum atomic E-state index is -0.900. The Morgan fingerprint density at radius 1 is 1.38 bits per heavy atom. The molecule has 1 heterocycles. The molecule has 1 N–H and O–H groups in total. The summed E-state index contributed by atoms with van der Waals surface area (Å²) in [4.78, 5) is 15.9. The summed E-state index contributed by atoms with van der Waals surface area (Å²) < 4.78 is 0. The summed E-state index contributed by atoms with van der Waals surface area (Å²) in [6, 6.07) is 8.12. The number of benzene rings is 1. The lowest BCUT2D eigenvalue weighted by Crippen LogP contribution is -1.94. The molecule has 0 radical (unpaired) electrons. The predicted molar refractivity (Wildman–Crippen MR) is 90.2 cm³/mol. The van der Waals surface area contributed by atoms with Crippen molar-refractivity contribution in [3.63, 3.8) is 0 Å². The number of thiazole rings is 1. The number of rotatable bonds is 6. The second kappa shape index (κ2) is 7.09. The Bertz CT molecular complexity index is 635. The Kier molecular flexibility index (Phi) is 5.42. The summed E-state index contributed by atoms with van der Waals surface area (Å²) in [6.45, 7) is 6.17. The predicted octanol–water partition coefficient (Wildman–Crippen LogP) is 4.71. The molecule has 0 aliphatic heterocycles. The molecule has 0 saturated heterocycles. The molecule has 3 nitrogen and oxygen atoms in total. The Labute approximate surface area is 133 Å². The molecular formula is C16H19NO2S2. The van der Waals surface area contributed by atoms with Gasteiger partial charge in [-0.1, -0.05) is 38.1 Å². The highest BCUT2D eigenvalue weighted by Crippen LogP contribution is 2.32. The monoisotopic (exact) mass is 321 g/mol. The van der Waals surface area contributed by atoms with E-state index >= 15 is 0 Å². The Hall–Kier alpha value is -1.33. The van der Waals surface area contributed by atoms with Gasteiger partial charge >= 0.3 is 5.97 Å². The molecule has 2 rings (SSSR count). The maximum atomic E-state index is 11.2. The first kappa shape index (κ1) is 16.0. The molecular weight excluding hydrogens is 302 g/mol. The third-order valence-corrected chi connectivity index (χ3v) is 5.54. The van der Waals surface area contributed by atoms with E-state index in [1.807, 2.05) is 30.0 Å². The first-order valence-electron chi connectivity index (χ1n) is 6.85. The molecule has 21 heavy (non-hydrogen) atoms. The molecule has 0 spiro atoms. The fourth-order valence-corrected chi connectivity index (χ4v) is 4.00. The highest BCUT2D eigenvalue weighted by molar-refractivity contribution is 7.98. The first-order chi connectivity index (χ1) is 9.99. The van der Waals surface area contributed by atoms with Gasteiger partial charge < -0.3 is 5.11 Å². The van der Waals surface area contributed by atoms with E-state index in [4.69, 9.17) is 5.11 Å². The molecule has 0 saturated carbocycles. The van der Waals surface area contributed by atoms with Crippen LogP contribution >= 0.6 is 23.1 Å². The number of hydrogen-bond donors (Lipinski definition) is 1. The smallest absolute Gasteiger partial charge is 0.347 e. The number of aromatic carboxylic acids is 1. The third kappa shape index (κ3) is 4.08. The number of carboxylic acids is 1. The van der Waals surface area contributed by atoms with Gasteiger partial charge in [-0.05, 0) is 24.2 Å². The Morgan fingerprint density at radius 2 is 2.10 bits per heavy atom. The molecule has 112 valence electrons. The van der Waals surface area contributed by atoms with E-state index in [9.17, 15) is 4.79 Å². The van der Waals surface area contributed by atoms with Crippen molar-refractivity contribution in [2.75, 3.05) is 5.75 Å². The van der Waals surface area contributed by atoms with E-state index in [0.29, 0.717) is 16.5 Å². The van der Waals surface area contributed by atoms with Crippen LogP contribution in [0.1, 0.15) is 34.8 Å². The van der Waals surface area contributed by atoms with Crippen LogP contribution in [0.5, 0.6) is 0 Å². The van der Waals surface area contributed by atoms with Crippen LogP contribution in [0, 0.1) is 12.8 Å². The van der Waals surface area contributed by atoms with Crippen LogP contribution in [0.2, 0.25) is 0 Å². The van der Waals surface area contributed by atoms with Crippen molar-refractivity contribution in [2.45, 2.75) is 26.5 Å². The minimum absolute atomic E-state index is 0.328. The summed E-state index contributed by atoms with van der Waals surface area (Å²) in [7, 11) is 0. The minimum Gasteiger partial charge on any atom is -0.477 e. The highest BCUT2D eigenvalue weighted by Gasteiger charge is 2.16. The number of aryl methyl sites for hydroxylation is 1. The van der Waals surface area contributed by atoms with Crippen LogP contribution in [-0.4, -0.2) is 21.8 Å². The fourth-order valence-electron chi connectivity index (χ4n) is 1.97. The van der Waals surface area contributed by atoms with Crippen LogP contribution in [0.25, 0.3) is 10.6 Å². The topological polar surface area (TPSA) is 50.2 Å². The summed E-state index contributed by atoms with van der Waals surface area (Å²) in [6.07, 6.45) is 0. The number of hydrogen-bond acceptors (Lipinski definition) is 4. The largest absolute Gasteiger partial charge is 0.477 e. The van der Waals surface area contributed by atoms with Crippen LogP contribution in [0.15, 0.2) is 24.3 Å². The van der Waals surface area contributed by atoms with E-state index in [-0.39, 0.29) is 0 Å².